The Labute approximate surface area is 94.9 Å². The van der Waals surface area contributed by atoms with E-state index < -0.39 is 11.4 Å². The second kappa shape index (κ2) is 4.47. The normalized spacial score (nSPS) is 27.7. The van der Waals surface area contributed by atoms with Crippen molar-refractivity contribution < 1.29 is 9.50 Å². The van der Waals surface area contributed by atoms with Gasteiger partial charge >= 0.3 is 0 Å². The topological polar surface area (TPSA) is 36.4 Å². The molecule has 16 heavy (non-hydrogen) atoms. The van der Waals surface area contributed by atoms with Crippen LogP contribution in [0.4, 0.5) is 4.39 Å². The molecule has 2 heterocycles. The molecule has 0 bridgehead atoms. The van der Waals surface area contributed by atoms with Crippen molar-refractivity contribution in [3.05, 3.63) is 29.8 Å². The smallest absolute Gasteiger partial charge is 0.147 e. The van der Waals surface area contributed by atoms with Crippen molar-refractivity contribution in [2.24, 2.45) is 0 Å². The molecule has 1 aromatic rings. The minimum atomic E-state index is -1.03. The molecule has 0 saturated carbocycles. The first-order valence-corrected chi connectivity index (χ1v) is 5.63. The van der Waals surface area contributed by atoms with Crippen LogP contribution < -0.4 is 0 Å². The van der Waals surface area contributed by atoms with Gasteiger partial charge in [-0.1, -0.05) is 0 Å². The first-order chi connectivity index (χ1) is 7.62. The number of likely N-dealkylation sites (tertiary alicyclic amines) is 1. The van der Waals surface area contributed by atoms with Crippen LogP contribution in [-0.2, 0) is 5.60 Å². The van der Waals surface area contributed by atoms with Crippen molar-refractivity contribution in [1.82, 2.24) is 9.88 Å². The van der Waals surface area contributed by atoms with Crippen LogP contribution in [-0.4, -0.2) is 35.1 Å². The molecule has 1 aliphatic heterocycles. The van der Waals surface area contributed by atoms with Crippen LogP contribution in [0.2, 0.25) is 0 Å². The predicted octanol–water partition coefficient (Wildman–Crippen LogP) is 1.52. The first-order valence-electron chi connectivity index (χ1n) is 5.63. The van der Waals surface area contributed by atoms with Crippen LogP contribution in [0.5, 0.6) is 0 Å². The molecule has 1 fully saturated rings. The van der Waals surface area contributed by atoms with Crippen molar-refractivity contribution in [1.29, 1.82) is 0 Å². The minimum absolute atomic E-state index is 0.387. The van der Waals surface area contributed by atoms with Crippen molar-refractivity contribution in [2.75, 3.05) is 20.1 Å². The zero-order chi connectivity index (χ0) is 11.6. The van der Waals surface area contributed by atoms with E-state index in [4.69, 9.17) is 0 Å². The fourth-order valence-corrected chi connectivity index (χ4v) is 2.28. The summed E-state index contributed by atoms with van der Waals surface area (Å²) in [6.07, 6.45) is 4.77. The number of halogens is 1. The maximum Gasteiger partial charge on any atom is 0.147 e. The largest absolute Gasteiger partial charge is 0.385 e. The summed E-state index contributed by atoms with van der Waals surface area (Å²) < 4.78 is 13.6. The fraction of sp³-hybridized carbons (Fsp3) is 0.583. The lowest BCUT2D eigenvalue weighted by Crippen LogP contribution is -2.28. The third-order valence-corrected chi connectivity index (χ3v) is 3.31. The lowest BCUT2D eigenvalue weighted by atomic mass is 9.87. The molecule has 3 nitrogen and oxygen atoms in total. The van der Waals surface area contributed by atoms with Gasteiger partial charge in [0.15, 0.2) is 0 Å². The Morgan fingerprint density at radius 3 is 3.00 bits per heavy atom. The van der Waals surface area contributed by atoms with E-state index in [2.05, 4.69) is 9.88 Å². The fourth-order valence-electron chi connectivity index (χ4n) is 2.28. The molecule has 0 radical (unpaired) electrons. The van der Waals surface area contributed by atoms with Gasteiger partial charge < -0.3 is 10.0 Å². The summed E-state index contributed by atoms with van der Waals surface area (Å²) in [6.45, 7) is 1.74. The van der Waals surface area contributed by atoms with Gasteiger partial charge in [0, 0.05) is 18.3 Å². The van der Waals surface area contributed by atoms with Crippen molar-refractivity contribution in [3.8, 4) is 0 Å². The molecule has 1 unspecified atom stereocenters. The summed E-state index contributed by atoms with van der Waals surface area (Å²) in [6, 6.07) is 1.58. The van der Waals surface area contributed by atoms with E-state index in [0.29, 0.717) is 18.4 Å². The zero-order valence-corrected chi connectivity index (χ0v) is 9.49. The Bertz CT molecular complexity index is 372. The molecule has 1 aliphatic rings. The summed E-state index contributed by atoms with van der Waals surface area (Å²) in [5.74, 6) is -0.408. The van der Waals surface area contributed by atoms with Crippen LogP contribution in [0.1, 0.15) is 24.8 Å². The van der Waals surface area contributed by atoms with Gasteiger partial charge in [-0.2, -0.15) is 0 Å². The molecule has 0 aromatic carbocycles. The van der Waals surface area contributed by atoms with Gasteiger partial charge in [0.2, 0.25) is 0 Å². The molecular formula is C12H17FN2O. The van der Waals surface area contributed by atoms with Gasteiger partial charge in [0.05, 0.1) is 11.8 Å². The first kappa shape index (κ1) is 11.5. The van der Waals surface area contributed by atoms with Crippen LogP contribution in [0, 0.1) is 5.82 Å². The number of hydrogen-bond acceptors (Lipinski definition) is 3. The van der Waals surface area contributed by atoms with E-state index in [0.717, 1.165) is 19.5 Å². The van der Waals surface area contributed by atoms with Crippen LogP contribution in [0.15, 0.2) is 18.5 Å². The quantitative estimate of drug-likeness (QED) is 0.785. The maximum absolute atomic E-state index is 13.6. The second-order valence-corrected chi connectivity index (χ2v) is 4.54. The van der Waals surface area contributed by atoms with Gasteiger partial charge in [0.1, 0.15) is 5.82 Å². The van der Waals surface area contributed by atoms with Crippen molar-refractivity contribution >= 4 is 0 Å². The van der Waals surface area contributed by atoms with E-state index >= 15 is 0 Å². The van der Waals surface area contributed by atoms with E-state index in [-0.39, 0.29) is 0 Å². The monoisotopic (exact) mass is 224 g/mol. The average Bonchev–Trinajstić information content (AvgIpc) is 2.43. The highest BCUT2D eigenvalue weighted by molar-refractivity contribution is 5.21. The highest BCUT2D eigenvalue weighted by Gasteiger charge is 2.33. The lowest BCUT2D eigenvalue weighted by Gasteiger charge is -2.27. The van der Waals surface area contributed by atoms with Crippen LogP contribution in [0.3, 0.4) is 0 Å². The van der Waals surface area contributed by atoms with Crippen molar-refractivity contribution in [3.63, 3.8) is 0 Å². The molecule has 1 N–H and O–H groups in total. The summed E-state index contributed by atoms with van der Waals surface area (Å²) in [4.78, 5) is 5.88. The third kappa shape index (κ3) is 2.23. The average molecular weight is 224 g/mol. The standard InChI is InChI=1S/C12H17FN2O/c1-15-7-2-4-12(16,5-8-15)10-3-6-14-9-11(10)13/h3,6,9,16H,2,4-5,7-8H2,1H3. The Hall–Kier alpha value is -1.00. The lowest BCUT2D eigenvalue weighted by molar-refractivity contribution is 0.0183. The molecule has 4 heteroatoms. The molecule has 1 atom stereocenters. The van der Waals surface area contributed by atoms with Gasteiger partial charge in [-0.25, -0.2) is 4.39 Å². The number of hydrogen-bond donors (Lipinski definition) is 1. The summed E-state index contributed by atoms with van der Waals surface area (Å²) >= 11 is 0. The third-order valence-electron chi connectivity index (χ3n) is 3.31. The number of aliphatic hydroxyl groups is 1. The number of aromatic nitrogens is 1. The molecule has 2 rings (SSSR count). The molecule has 0 aliphatic carbocycles. The van der Waals surface area contributed by atoms with Crippen LogP contribution >= 0.6 is 0 Å². The Morgan fingerprint density at radius 2 is 2.25 bits per heavy atom. The minimum Gasteiger partial charge on any atom is -0.385 e. The zero-order valence-electron chi connectivity index (χ0n) is 9.49. The molecule has 0 amide bonds. The van der Waals surface area contributed by atoms with Crippen LogP contribution in [0.25, 0.3) is 0 Å². The number of nitrogens with zero attached hydrogens (tertiary/aromatic N) is 2. The molecule has 0 spiro atoms. The number of rotatable bonds is 1. The second-order valence-electron chi connectivity index (χ2n) is 4.54. The Kier molecular flexibility index (Phi) is 3.21. The SMILES string of the molecule is CN1CCCC(O)(c2ccncc2F)CC1. The number of pyridine rings is 1. The van der Waals surface area contributed by atoms with Crippen molar-refractivity contribution in [2.45, 2.75) is 24.9 Å². The summed E-state index contributed by atoms with van der Waals surface area (Å²) in [5, 5.41) is 10.5. The van der Waals surface area contributed by atoms with E-state index in [9.17, 15) is 9.50 Å². The maximum atomic E-state index is 13.6. The van der Waals surface area contributed by atoms with E-state index in [1.807, 2.05) is 7.05 Å². The molecule has 88 valence electrons. The van der Waals surface area contributed by atoms with E-state index in [1.54, 1.807) is 6.07 Å². The highest BCUT2D eigenvalue weighted by Crippen LogP contribution is 2.33. The van der Waals surface area contributed by atoms with E-state index in [1.165, 1.54) is 12.4 Å². The molecule has 1 aromatic heterocycles. The molecule has 1 saturated heterocycles. The van der Waals surface area contributed by atoms with Gasteiger partial charge in [-0.05, 0) is 38.9 Å². The Balaban J connectivity index is 2.27. The Morgan fingerprint density at radius 1 is 1.44 bits per heavy atom. The highest BCUT2D eigenvalue weighted by atomic mass is 19.1. The van der Waals surface area contributed by atoms with Gasteiger partial charge in [-0.15, -0.1) is 0 Å². The van der Waals surface area contributed by atoms with Gasteiger partial charge in [0.25, 0.3) is 0 Å². The summed E-state index contributed by atoms with van der Waals surface area (Å²) in [7, 11) is 2.02. The predicted molar refractivity (Wildman–Crippen MR) is 59.4 cm³/mol. The molecular weight excluding hydrogens is 207 g/mol. The van der Waals surface area contributed by atoms with Gasteiger partial charge in [-0.3, -0.25) is 4.98 Å². The summed E-state index contributed by atoms with van der Waals surface area (Å²) in [5.41, 5.74) is -0.643.